The van der Waals surface area contributed by atoms with Crippen LogP contribution in [0.1, 0.15) is 34.6 Å². The number of hydrogen-bond donors (Lipinski definition) is 2. The molecule has 20 heavy (non-hydrogen) atoms. The van der Waals surface area contributed by atoms with Crippen LogP contribution < -0.4 is 11.1 Å². The summed E-state index contributed by atoms with van der Waals surface area (Å²) in [7, 11) is 0. The summed E-state index contributed by atoms with van der Waals surface area (Å²) in [6.45, 7) is 16.0. The quantitative estimate of drug-likeness (QED) is 0.772. The number of carbonyl (C=O) groups is 1. The van der Waals surface area contributed by atoms with Crippen LogP contribution in [-0.4, -0.2) is 66.6 Å². The van der Waals surface area contributed by atoms with E-state index < -0.39 is 0 Å². The second-order valence-corrected chi connectivity index (χ2v) is 7.09. The fourth-order valence-corrected chi connectivity index (χ4v) is 2.49. The highest BCUT2D eigenvalue weighted by atomic mass is 16.2. The van der Waals surface area contributed by atoms with Crippen LogP contribution in [0.5, 0.6) is 0 Å². The fourth-order valence-electron chi connectivity index (χ4n) is 2.49. The van der Waals surface area contributed by atoms with Crippen LogP contribution in [0.2, 0.25) is 0 Å². The number of piperazine rings is 1. The van der Waals surface area contributed by atoms with Gasteiger partial charge in [-0.3, -0.25) is 9.69 Å². The van der Waals surface area contributed by atoms with Crippen LogP contribution in [0.15, 0.2) is 0 Å². The first-order valence-corrected chi connectivity index (χ1v) is 7.71. The van der Waals surface area contributed by atoms with Crippen molar-refractivity contribution in [3.8, 4) is 0 Å². The number of carbonyl (C=O) groups excluding carboxylic acids is 1. The van der Waals surface area contributed by atoms with E-state index in [9.17, 15) is 4.79 Å². The zero-order chi connectivity index (χ0) is 15.3. The molecule has 1 saturated heterocycles. The van der Waals surface area contributed by atoms with E-state index in [1.54, 1.807) is 0 Å². The predicted octanol–water partition coefficient (Wildman–Crippen LogP) is 0.502. The monoisotopic (exact) mass is 284 g/mol. The van der Waals surface area contributed by atoms with E-state index in [4.69, 9.17) is 5.73 Å². The van der Waals surface area contributed by atoms with Gasteiger partial charge in [-0.25, -0.2) is 0 Å². The second kappa shape index (κ2) is 7.38. The van der Waals surface area contributed by atoms with Crippen LogP contribution in [0.3, 0.4) is 0 Å². The number of nitrogens with two attached hydrogens (primary N) is 1. The number of nitrogens with one attached hydrogen (secondary N) is 1. The SMILES string of the molecule is CC(CN)CN1CCN(C(C)C(=O)NC(C)(C)C)CC1. The maximum absolute atomic E-state index is 12.2. The Bertz CT molecular complexity index is 305. The second-order valence-electron chi connectivity index (χ2n) is 7.09. The normalized spacial score (nSPS) is 21.5. The third kappa shape index (κ3) is 5.77. The van der Waals surface area contributed by atoms with Gasteiger partial charge in [-0.05, 0) is 40.2 Å². The third-order valence-electron chi connectivity index (χ3n) is 3.80. The zero-order valence-electron chi connectivity index (χ0n) is 13.8. The van der Waals surface area contributed by atoms with Crippen LogP contribution in [0.25, 0.3) is 0 Å². The zero-order valence-corrected chi connectivity index (χ0v) is 13.8. The first-order chi connectivity index (χ1) is 9.23. The molecule has 0 radical (unpaired) electrons. The maximum atomic E-state index is 12.2. The Morgan fingerprint density at radius 1 is 1.20 bits per heavy atom. The van der Waals surface area contributed by atoms with E-state index in [0.29, 0.717) is 5.92 Å². The molecule has 2 unspecified atom stereocenters. The van der Waals surface area contributed by atoms with E-state index >= 15 is 0 Å². The van der Waals surface area contributed by atoms with Gasteiger partial charge in [0.25, 0.3) is 0 Å². The van der Waals surface area contributed by atoms with Crippen LogP contribution in [-0.2, 0) is 4.79 Å². The van der Waals surface area contributed by atoms with Gasteiger partial charge in [0.1, 0.15) is 0 Å². The maximum Gasteiger partial charge on any atom is 0.237 e. The van der Waals surface area contributed by atoms with Crippen molar-refractivity contribution in [2.24, 2.45) is 11.7 Å². The largest absolute Gasteiger partial charge is 0.350 e. The molecule has 1 rings (SSSR count). The van der Waals surface area contributed by atoms with Crippen molar-refractivity contribution in [3.63, 3.8) is 0 Å². The lowest BCUT2D eigenvalue weighted by Crippen LogP contribution is -2.56. The minimum absolute atomic E-state index is 0.0525. The summed E-state index contributed by atoms with van der Waals surface area (Å²) in [6.07, 6.45) is 0. The van der Waals surface area contributed by atoms with E-state index in [2.05, 4.69) is 22.0 Å². The minimum atomic E-state index is -0.163. The molecule has 2 atom stereocenters. The summed E-state index contributed by atoms with van der Waals surface area (Å²) in [5, 5.41) is 3.06. The highest BCUT2D eigenvalue weighted by Crippen LogP contribution is 2.10. The Hall–Kier alpha value is -0.650. The van der Waals surface area contributed by atoms with Crippen molar-refractivity contribution < 1.29 is 4.79 Å². The topological polar surface area (TPSA) is 61.6 Å². The standard InChI is InChI=1S/C15H32N4O/c1-12(10-16)11-18-6-8-19(9-7-18)13(2)14(20)17-15(3,4)5/h12-13H,6-11,16H2,1-5H3,(H,17,20). The molecule has 1 fully saturated rings. The van der Waals surface area contributed by atoms with Crippen molar-refractivity contribution >= 4 is 5.91 Å². The van der Waals surface area contributed by atoms with E-state index in [1.807, 2.05) is 27.7 Å². The highest BCUT2D eigenvalue weighted by Gasteiger charge is 2.27. The number of rotatable bonds is 5. The van der Waals surface area contributed by atoms with Gasteiger partial charge in [0.15, 0.2) is 0 Å². The predicted molar refractivity (Wildman–Crippen MR) is 83.6 cm³/mol. The molecule has 1 amide bonds. The van der Waals surface area contributed by atoms with E-state index in [1.165, 1.54) is 0 Å². The molecule has 0 aliphatic carbocycles. The molecule has 1 aliphatic heterocycles. The number of amides is 1. The van der Waals surface area contributed by atoms with Gasteiger partial charge < -0.3 is 16.0 Å². The Morgan fingerprint density at radius 3 is 2.20 bits per heavy atom. The summed E-state index contributed by atoms with van der Waals surface area (Å²) >= 11 is 0. The summed E-state index contributed by atoms with van der Waals surface area (Å²) in [4.78, 5) is 16.9. The summed E-state index contributed by atoms with van der Waals surface area (Å²) in [5.74, 6) is 0.671. The Labute approximate surface area is 123 Å². The Morgan fingerprint density at radius 2 is 1.75 bits per heavy atom. The van der Waals surface area contributed by atoms with Crippen molar-refractivity contribution in [1.29, 1.82) is 0 Å². The lowest BCUT2D eigenvalue weighted by atomic mass is 10.1. The van der Waals surface area contributed by atoms with Crippen LogP contribution in [0, 0.1) is 5.92 Å². The molecular weight excluding hydrogens is 252 g/mol. The highest BCUT2D eigenvalue weighted by molar-refractivity contribution is 5.81. The first kappa shape index (κ1) is 17.4. The molecule has 0 bridgehead atoms. The number of nitrogens with zero attached hydrogens (tertiary/aromatic N) is 2. The average Bonchev–Trinajstić information content (AvgIpc) is 2.36. The molecule has 0 spiro atoms. The van der Waals surface area contributed by atoms with Crippen LogP contribution in [0.4, 0.5) is 0 Å². The first-order valence-electron chi connectivity index (χ1n) is 7.71. The van der Waals surface area contributed by atoms with Crippen molar-refractivity contribution in [1.82, 2.24) is 15.1 Å². The van der Waals surface area contributed by atoms with Gasteiger partial charge in [0.2, 0.25) is 5.91 Å². The molecule has 5 nitrogen and oxygen atoms in total. The molecule has 1 aliphatic rings. The third-order valence-corrected chi connectivity index (χ3v) is 3.80. The molecule has 0 aromatic heterocycles. The molecular formula is C15H32N4O. The molecule has 5 heteroatoms. The van der Waals surface area contributed by atoms with Gasteiger partial charge in [-0.1, -0.05) is 6.92 Å². The molecule has 3 N–H and O–H groups in total. The summed E-state index contributed by atoms with van der Waals surface area (Å²) in [5.41, 5.74) is 5.51. The molecule has 0 aromatic rings. The number of hydrogen-bond acceptors (Lipinski definition) is 4. The summed E-state index contributed by atoms with van der Waals surface area (Å²) in [6, 6.07) is -0.0525. The van der Waals surface area contributed by atoms with Gasteiger partial charge in [0.05, 0.1) is 6.04 Å². The van der Waals surface area contributed by atoms with Crippen molar-refractivity contribution in [2.45, 2.75) is 46.2 Å². The summed E-state index contributed by atoms with van der Waals surface area (Å²) < 4.78 is 0. The Kier molecular flexibility index (Phi) is 6.43. The molecule has 0 aromatic carbocycles. The Balaban J connectivity index is 2.39. The van der Waals surface area contributed by atoms with Gasteiger partial charge in [0, 0.05) is 38.3 Å². The van der Waals surface area contributed by atoms with Gasteiger partial charge in [-0.15, -0.1) is 0 Å². The molecule has 0 saturated carbocycles. The van der Waals surface area contributed by atoms with Crippen LogP contribution >= 0.6 is 0 Å². The van der Waals surface area contributed by atoms with Gasteiger partial charge >= 0.3 is 0 Å². The lowest BCUT2D eigenvalue weighted by Gasteiger charge is -2.39. The minimum Gasteiger partial charge on any atom is -0.350 e. The van der Waals surface area contributed by atoms with Crippen molar-refractivity contribution in [2.75, 3.05) is 39.3 Å². The smallest absolute Gasteiger partial charge is 0.237 e. The fraction of sp³-hybridized carbons (Fsp3) is 0.933. The molecule has 1 heterocycles. The molecule has 118 valence electrons. The average molecular weight is 284 g/mol. The van der Waals surface area contributed by atoms with Gasteiger partial charge in [-0.2, -0.15) is 0 Å². The van der Waals surface area contributed by atoms with Crippen molar-refractivity contribution in [3.05, 3.63) is 0 Å². The van der Waals surface area contributed by atoms with E-state index in [-0.39, 0.29) is 17.5 Å². The van der Waals surface area contributed by atoms with E-state index in [0.717, 1.165) is 39.3 Å². The lowest BCUT2D eigenvalue weighted by molar-refractivity contribution is -0.128.